The molecule has 1 aliphatic carbocycles. The summed E-state index contributed by atoms with van der Waals surface area (Å²) in [5.41, 5.74) is 11.4. The van der Waals surface area contributed by atoms with Gasteiger partial charge >= 0.3 is 0 Å². The van der Waals surface area contributed by atoms with Crippen LogP contribution in [0.15, 0.2) is 103 Å². The smallest absolute Gasteiger partial charge is 0.119 e. The Kier molecular flexibility index (Phi) is 5.63. The molecule has 39 heavy (non-hydrogen) atoms. The highest BCUT2D eigenvalue weighted by molar-refractivity contribution is 6.27. The van der Waals surface area contributed by atoms with Crippen LogP contribution in [0.4, 0.5) is 0 Å². The fourth-order valence-electron chi connectivity index (χ4n) is 6.27. The summed E-state index contributed by atoms with van der Waals surface area (Å²) in [5.74, 6) is 1.80. The first-order chi connectivity index (χ1) is 19.2. The number of rotatable bonds is 6. The van der Waals surface area contributed by atoms with Crippen LogP contribution in [0.5, 0.6) is 11.5 Å². The Morgan fingerprint density at radius 2 is 1.03 bits per heavy atom. The number of aryl methyl sites for hydroxylation is 1. The molecule has 0 atom stereocenters. The van der Waals surface area contributed by atoms with E-state index in [4.69, 9.17) is 9.47 Å². The van der Waals surface area contributed by atoms with Gasteiger partial charge in [-0.2, -0.15) is 0 Å². The van der Waals surface area contributed by atoms with Crippen LogP contribution in [-0.2, 0) is 0 Å². The molecule has 2 heteroatoms. The predicted octanol–water partition coefficient (Wildman–Crippen LogP) is 10.1. The number of benzene rings is 6. The first-order valence-electron chi connectivity index (χ1n) is 13.8. The quantitative estimate of drug-likeness (QED) is 0.223. The van der Waals surface area contributed by atoms with Gasteiger partial charge in [0.15, 0.2) is 0 Å². The Labute approximate surface area is 229 Å². The molecule has 0 fully saturated rings. The summed E-state index contributed by atoms with van der Waals surface area (Å²) in [7, 11) is 0. The maximum absolute atomic E-state index is 5.79. The average Bonchev–Trinajstić information content (AvgIpc) is 3.29. The predicted molar refractivity (Wildman–Crippen MR) is 164 cm³/mol. The van der Waals surface area contributed by atoms with Crippen molar-refractivity contribution in [3.05, 3.63) is 109 Å². The van der Waals surface area contributed by atoms with Crippen LogP contribution in [0.1, 0.15) is 19.4 Å². The van der Waals surface area contributed by atoms with Gasteiger partial charge < -0.3 is 9.47 Å². The van der Waals surface area contributed by atoms with E-state index in [9.17, 15) is 0 Å². The molecule has 2 nitrogen and oxygen atoms in total. The van der Waals surface area contributed by atoms with Gasteiger partial charge in [0.25, 0.3) is 0 Å². The fraction of sp³-hybridized carbons (Fsp3) is 0.135. The SMILES string of the molecule is CCOc1ccc(-c2c3c(c(-c4ccc(OCC)cc4)c4cc(C)ccc24)-c2cccc4cccc-3c24)cc1. The Morgan fingerprint density at radius 1 is 0.513 bits per heavy atom. The van der Waals surface area contributed by atoms with Crippen LogP contribution in [0.25, 0.3) is 66.1 Å². The third kappa shape index (κ3) is 3.71. The minimum Gasteiger partial charge on any atom is -0.494 e. The van der Waals surface area contributed by atoms with E-state index in [1.165, 1.54) is 71.6 Å². The van der Waals surface area contributed by atoms with Gasteiger partial charge in [-0.25, -0.2) is 0 Å². The fourth-order valence-corrected chi connectivity index (χ4v) is 6.27. The zero-order valence-corrected chi connectivity index (χ0v) is 22.5. The summed E-state index contributed by atoms with van der Waals surface area (Å²) >= 11 is 0. The number of hydrogen-bond acceptors (Lipinski definition) is 2. The Hall–Kier alpha value is -4.56. The summed E-state index contributed by atoms with van der Waals surface area (Å²) in [4.78, 5) is 0. The van der Waals surface area contributed by atoms with E-state index in [0.29, 0.717) is 13.2 Å². The number of hydrogen-bond donors (Lipinski definition) is 0. The van der Waals surface area contributed by atoms with E-state index < -0.39 is 0 Å². The zero-order valence-electron chi connectivity index (χ0n) is 22.5. The lowest BCUT2D eigenvalue weighted by atomic mass is 9.82. The minimum atomic E-state index is 0.658. The van der Waals surface area contributed by atoms with Crippen LogP contribution < -0.4 is 9.47 Å². The van der Waals surface area contributed by atoms with Gasteiger partial charge in [-0.1, -0.05) is 84.4 Å². The molecule has 0 unspecified atom stereocenters. The van der Waals surface area contributed by atoms with E-state index in [-0.39, 0.29) is 0 Å². The maximum Gasteiger partial charge on any atom is 0.119 e. The van der Waals surface area contributed by atoms with Crippen LogP contribution >= 0.6 is 0 Å². The molecule has 0 N–H and O–H groups in total. The van der Waals surface area contributed by atoms with Gasteiger partial charge in [0, 0.05) is 0 Å². The maximum atomic E-state index is 5.79. The second-order valence-corrected chi connectivity index (χ2v) is 10.2. The third-order valence-electron chi connectivity index (χ3n) is 7.82. The van der Waals surface area contributed by atoms with Gasteiger partial charge in [0.2, 0.25) is 0 Å². The molecule has 0 aliphatic heterocycles. The number of ether oxygens (including phenoxy) is 2. The van der Waals surface area contributed by atoms with E-state index in [2.05, 4.69) is 110 Å². The van der Waals surface area contributed by atoms with E-state index in [1.807, 2.05) is 13.8 Å². The van der Waals surface area contributed by atoms with E-state index >= 15 is 0 Å². The Balaban J connectivity index is 1.63. The molecule has 0 bridgehead atoms. The van der Waals surface area contributed by atoms with Crippen LogP contribution in [-0.4, -0.2) is 13.2 Å². The second-order valence-electron chi connectivity index (χ2n) is 10.2. The Bertz CT molecular complexity index is 1860. The summed E-state index contributed by atoms with van der Waals surface area (Å²) < 4.78 is 11.6. The lowest BCUT2D eigenvalue weighted by molar-refractivity contribution is 0.340. The average molecular weight is 507 g/mol. The van der Waals surface area contributed by atoms with E-state index in [1.54, 1.807) is 0 Å². The van der Waals surface area contributed by atoms with Gasteiger partial charge in [-0.05, 0) is 111 Å². The largest absolute Gasteiger partial charge is 0.494 e. The molecular formula is C37H30O2. The monoisotopic (exact) mass is 506 g/mol. The normalized spacial score (nSPS) is 11.7. The molecular weight excluding hydrogens is 476 g/mol. The topological polar surface area (TPSA) is 18.5 Å². The van der Waals surface area contributed by atoms with Gasteiger partial charge in [-0.3, -0.25) is 0 Å². The second kappa shape index (κ2) is 9.32. The highest BCUT2D eigenvalue weighted by Gasteiger charge is 2.30. The molecule has 6 aromatic rings. The van der Waals surface area contributed by atoms with Crippen molar-refractivity contribution in [3.8, 4) is 56.0 Å². The summed E-state index contributed by atoms with van der Waals surface area (Å²) in [6.07, 6.45) is 0. The van der Waals surface area contributed by atoms with E-state index in [0.717, 1.165) is 11.5 Å². The molecule has 0 aromatic heterocycles. The standard InChI is InChI=1S/C37H30O2/c1-4-38-27-17-13-25(14-18-27)34-29-21-12-23(3)22-32(29)35(26-15-19-28(20-16-26)39-5-2)37-31-11-7-9-24-8-6-10-30(33(24)31)36(34)37/h6-22H,4-5H2,1-3H3. The lowest BCUT2D eigenvalue weighted by Crippen LogP contribution is -1.95. The van der Waals surface area contributed by atoms with Gasteiger partial charge in [-0.15, -0.1) is 0 Å². The van der Waals surface area contributed by atoms with Crippen molar-refractivity contribution in [2.45, 2.75) is 20.8 Å². The van der Waals surface area contributed by atoms with Crippen LogP contribution in [0.3, 0.4) is 0 Å². The third-order valence-corrected chi connectivity index (χ3v) is 7.82. The van der Waals surface area contributed by atoms with Gasteiger partial charge in [0.05, 0.1) is 13.2 Å². The van der Waals surface area contributed by atoms with Crippen molar-refractivity contribution in [2.24, 2.45) is 0 Å². The molecule has 0 heterocycles. The molecule has 0 saturated heterocycles. The Morgan fingerprint density at radius 3 is 1.54 bits per heavy atom. The lowest BCUT2D eigenvalue weighted by Gasteiger charge is -2.21. The zero-order chi connectivity index (χ0) is 26.5. The number of fused-ring (bicyclic) bond motifs is 4. The first-order valence-corrected chi connectivity index (χ1v) is 13.8. The molecule has 1 aliphatic rings. The van der Waals surface area contributed by atoms with Crippen LogP contribution in [0.2, 0.25) is 0 Å². The summed E-state index contributed by atoms with van der Waals surface area (Å²) in [6, 6.07) is 37.5. The van der Waals surface area contributed by atoms with Gasteiger partial charge in [0.1, 0.15) is 11.5 Å². The summed E-state index contributed by atoms with van der Waals surface area (Å²) in [6.45, 7) is 7.54. The van der Waals surface area contributed by atoms with Crippen molar-refractivity contribution in [1.82, 2.24) is 0 Å². The molecule has 190 valence electrons. The van der Waals surface area contributed by atoms with Crippen molar-refractivity contribution in [1.29, 1.82) is 0 Å². The van der Waals surface area contributed by atoms with Crippen molar-refractivity contribution < 1.29 is 9.47 Å². The van der Waals surface area contributed by atoms with Crippen molar-refractivity contribution in [3.63, 3.8) is 0 Å². The highest BCUT2D eigenvalue weighted by Crippen LogP contribution is 2.57. The van der Waals surface area contributed by atoms with Crippen LogP contribution in [0, 0.1) is 6.92 Å². The molecule has 0 radical (unpaired) electrons. The summed E-state index contributed by atoms with van der Waals surface area (Å²) in [5, 5.41) is 5.14. The molecule has 0 saturated carbocycles. The first kappa shape index (κ1) is 23.5. The van der Waals surface area contributed by atoms with Crippen molar-refractivity contribution in [2.75, 3.05) is 13.2 Å². The highest BCUT2D eigenvalue weighted by atomic mass is 16.5. The molecule has 6 aromatic carbocycles. The minimum absolute atomic E-state index is 0.658. The molecule has 0 amide bonds. The van der Waals surface area contributed by atoms with Crippen molar-refractivity contribution >= 4 is 21.5 Å². The molecule has 0 spiro atoms. The molecule has 7 rings (SSSR count).